The summed E-state index contributed by atoms with van der Waals surface area (Å²) < 4.78 is 26.6. The fourth-order valence-electron chi connectivity index (χ4n) is 3.25. The van der Waals surface area contributed by atoms with Gasteiger partial charge in [0, 0.05) is 37.2 Å². The Balaban J connectivity index is 1.48. The van der Waals surface area contributed by atoms with E-state index in [4.69, 9.17) is 9.47 Å². The summed E-state index contributed by atoms with van der Waals surface area (Å²) in [6.45, 7) is 4.35. The molecule has 2 aliphatic heterocycles. The molecule has 6 nitrogen and oxygen atoms in total. The Kier molecular flexibility index (Phi) is 4.55. The van der Waals surface area contributed by atoms with Crippen molar-refractivity contribution < 1.29 is 13.9 Å². The zero-order chi connectivity index (χ0) is 16.4. The first-order chi connectivity index (χ1) is 11.8. The predicted octanol–water partition coefficient (Wildman–Crippen LogP) is 1.61. The quantitative estimate of drug-likeness (QED) is 0.922. The molecule has 2 atom stereocenters. The molecule has 1 saturated heterocycles. The van der Waals surface area contributed by atoms with Crippen LogP contribution in [0.5, 0.6) is 0 Å². The van der Waals surface area contributed by atoms with Gasteiger partial charge in [0.05, 0.1) is 25.5 Å². The van der Waals surface area contributed by atoms with Crippen molar-refractivity contribution in [2.45, 2.75) is 25.6 Å². The van der Waals surface area contributed by atoms with E-state index in [0.29, 0.717) is 30.9 Å². The average molecular weight is 332 g/mol. The van der Waals surface area contributed by atoms with Gasteiger partial charge in [0.15, 0.2) is 0 Å². The summed E-state index contributed by atoms with van der Waals surface area (Å²) in [6, 6.07) is 6.87. The van der Waals surface area contributed by atoms with Crippen molar-refractivity contribution in [3.8, 4) is 11.3 Å². The maximum absolute atomic E-state index is 13.5. The van der Waals surface area contributed by atoms with E-state index in [1.807, 2.05) is 10.7 Å². The van der Waals surface area contributed by atoms with Crippen LogP contribution in [0.1, 0.15) is 12.1 Å². The van der Waals surface area contributed by atoms with Crippen molar-refractivity contribution in [3.63, 3.8) is 0 Å². The maximum Gasteiger partial charge on any atom is 0.123 e. The van der Waals surface area contributed by atoms with Crippen LogP contribution < -0.4 is 5.32 Å². The van der Waals surface area contributed by atoms with Gasteiger partial charge in [-0.15, -0.1) is 5.10 Å². The van der Waals surface area contributed by atoms with Gasteiger partial charge < -0.3 is 14.8 Å². The highest BCUT2D eigenvalue weighted by molar-refractivity contribution is 5.61. The molecular weight excluding hydrogens is 311 g/mol. The Morgan fingerprint density at radius 1 is 1.29 bits per heavy atom. The molecule has 0 aliphatic carbocycles. The van der Waals surface area contributed by atoms with Crippen molar-refractivity contribution in [3.05, 3.63) is 35.8 Å². The van der Waals surface area contributed by atoms with Crippen LogP contribution in [0.25, 0.3) is 11.3 Å². The van der Waals surface area contributed by atoms with Crippen LogP contribution in [-0.2, 0) is 22.6 Å². The van der Waals surface area contributed by atoms with E-state index in [1.165, 1.54) is 12.1 Å². The Hall–Kier alpha value is -1.83. The van der Waals surface area contributed by atoms with Gasteiger partial charge in [-0.25, -0.2) is 9.07 Å². The Labute approximate surface area is 139 Å². The number of nitrogens with zero attached hydrogens (tertiary/aromatic N) is 3. The second-order valence-corrected chi connectivity index (χ2v) is 6.43. The molecule has 4 rings (SSSR count). The zero-order valence-electron chi connectivity index (χ0n) is 13.4. The molecule has 0 bridgehead atoms. The molecule has 0 amide bonds. The van der Waals surface area contributed by atoms with Gasteiger partial charge >= 0.3 is 0 Å². The smallest absolute Gasteiger partial charge is 0.123 e. The highest BCUT2D eigenvalue weighted by Crippen LogP contribution is 2.25. The number of halogens is 1. The molecule has 1 N–H and O–H groups in total. The first-order valence-electron chi connectivity index (χ1n) is 8.37. The first-order valence-corrected chi connectivity index (χ1v) is 8.37. The fraction of sp³-hybridized carbons (Fsp3) is 0.529. The summed E-state index contributed by atoms with van der Waals surface area (Å²) in [7, 11) is 0. The molecule has 1 fully saturated rings. The van der Waals surface area contributed by atoms with E-state index in [2.05, 4.69) is 15.6 Å². The van der Waals surface area contributed by atoms with Gasteiger partial charge in [0.1, 0.15) is 11.5 Å². The van der Waals surface area contributed by atoms with Crippen LogP contribution >= 0.6 is 0 Å². The number of hydrogen-bond donors (Lipinski definition) is 1. The Bertz CT molecular complexity index is 700. The van der Waals surface area contributed by atoms with Crippen LogP contribution in [0.3, 0.4) is 0 Å². The number of rotatable bonds is 4. The molecule has 0 saturated carbocycles. The third-order valence-electron chi connectivity index (χ3n) is 4.58. The SMILES string of the molecule is Fc1cccc(-c2nnn3c2COCC(CNC2CCOC2)C3)c1. The van der Waals surface area contributed by atoms with E-state index in [1.54, 1.807) is 6.07 Å². The fourth-order valence-corrected chi connectivity index (χ4v) is 3.25. The van der Waals surface area contributed by atoms with Gasteiger partial charge in [-0.1, -0.05) is 17.3 Å². The lowest BCUT2D eigenvalue weighted by molar-refractivity contribution is 0.0928. The maximum atomic E-state index is 13.5. The van der Waals surface area contributed by atoms with Gasteiger partial charge in [0.25, 0.3) is 0 Å². The van der Waals surface area contributed by atoms with Crippen LogP contribution in [0, 0.1) is 11.7 Å². The van der Waals surface area contributed by atoms with Crippen LogP contribution in [0.15, 0.2) is 24.3 Å². The highest BCUT2D eigenvalue weighted by Gasteiger charge is 2.24. The molecule has 128 valence electrons. The zero-order valence-corrected chi connectivity index (χ0v) is 13.4. The number of fused-ring (bicyclic) bond motifs is 1. The molecule has 0 radical (unpaired) electrons. The summed E-state index contributed by atoms with van der Waals surface area (Å²) in [4.78, 5) is 0. The second-order valence-electron chi connectivity index (χ2n) is 6.43. The number of aromatic nitrogens is 3. The number of nitrogens with one attached hydrogen (secondary N) is 1. The monoisotopic (exact) mass is 332 g/mol. The van der Waals surface area contributed by atoms with Crippen molar-refractivity contribution in [1.82, 2.24) is 20.3 Å². The third kappa shape index (κ3) is 3.33. The van der Waals surface area contributed by atoms with Crippen LogP contribution in [-0.4, -0.2) is 47.4 Å². The minimum absolute atomic E-state index is 0.273. The standard InChI is InChI=1S/C17H21FN4O2/c18-14-3-1-2-13(6-14)17-16-11-24-9-12(8-22(16)21-20-17)7-19-15-4-5-23-10-15/h1-3,6,12,15,19H,4-5,7-11H2. The lowest BCUT2D eigenvalue weighted by Crippen LogP contribution is -2.36. The number of ether oxygens (including phenoxy) is 2. The number of benzene rings is 1. The van der Waals surface area contributed by atoms with Gasteiger partial charge in [-0.2, -0.15) is 0 Å². The predicted molar refractivity (Wildman–Crippen MR) is 85.8 cm³/mol. The van der Waals surface area contributed by atoms with E-state index in [9.17, 15) is 4.39 Å². The van der Waals surface area contributed by atoms with E-state index >= 15 is 0 Å². The molecule has 1 aromatic carbocycles. The van der Waals surface area contributed by atoms with Crippen molar-refractivity contribution in [1.29, 1.82) is 0 Å². The first kappa shape index (κ1) is 15.7. The summed E-state index contributed by atoms with van der Waals surface area (Å²) in [5, 5.41) is 12.1. The van der Waals surface area contributed by atoms with Crippen molar-refractivity contribution >= 4 is 0 Å². The largest absolute Gasteiger partial charge is 0.380 e. The Morgan fingerprint density at radius 3 is 3.08 bits per heavy atom. The highest BCUT2D eigenvalue weighted by atomic mass is 19.1. The average Bonchev–Trinajstić information content (AvgIpc) is 3.19. The molecule has 1 aromatic heterocycles. The molecule has 2 aromatic rings. The van der Waals surface area contributed by atoms with Gasteiger partial charge in [-0.3, -0.25) is 0 Å². The van der Waals surface area contributed by atoms with Gasteiger partial charge in [-0.05, 0) is 18.6 Å². The molecule has 24 heavy (non-hydrogen) atoms. The van der Waals surface area contributed by atoms with E-state index in [0.717, 1.165) is 44.0 Å². The molecule has 2 unspecified atom stereocenters. The van der Waals surface area contributed by atoms with Crippen LogP contribution in [0.2, 0.25) is 0 Å². The molecular formula is C17H21FN4O2. The molecule has 2 aliphatic rings. The van der Waals surface area contributed by atoms with E-state index in [-0.39, 0.29) is 5.82 Å². The number of hydrogen-bond acceptors (Lipinski definition) is 5. The minimum atomic E-state index is -0.273. The summed E-state index contributed by atoms with van der Waals surface area (Å²) >= 11 is 0. The Morgan fingerprint density at radius 2 is 2.25 bits per heavy atom. The molecule has 0 spiro atoms. The summed E-state index contributed by atoms with van der Waals surface area (Å²) in [5.74, 6) is 0.0542. The lowest BCUT2D eigenvalue weighted by atomic mass is 10.1. The molecule has 3 heterocycles. The third-order valence-corrected chi connectivity index (χ3v) is 4.58. The summed E-state index contributed by atoms with van der Waals surface area (Å²) in [5.41, 5.74) is 2.35. The van der Waals surface area contributed by atoms with Gasteiger partial charge in [0.2, 0.25) is 0 Å². The summed E-state index contributed by atoms with van der Waals surface area (Å²) in [6.07, 6.45) is 1.06. The van der Waals surface area contributed by atoms with Crippen LogP contribution in [0.4, 0.5) is 4.39 Å². The normalized spacial score (nSPS) is 23.9. The van der Waals surface area contributed by atoms with Crippen molar-refractivity contribution in [2.24, 2.45) is 5.92 Å². The van der Waals surface area contributed by atoms with Crippen molar-refractivity contribution in [2.75, 3.05) is 26.4 Å². The topological polar surface area (TPSA) is 61.2 Å². The lowest BCUT2D eigenvalue weighted by Gasteiger charge is -2.17. The molecule has 7 heteroatoms. The minimum Gasteiger partial charge on any atom is -0.380 e. The second kappa shape index (κ2) is 6.96. The van der Waals surface area contributed by atoms with E-state index < -0.39 is 0 Å².